The Kier molecular flexibility index (Phi) is 3.44. The second-order valence-corrected chi connectivity index (χ2v) is 6.22. The van der Waals surface area contributed by atoms with Crippen molar-refractivity contribution in [3.8, 4) is 0 Å². The first-order chi connectivity index (χ1) is 8.36. The Hall–Kier alpha value is -1.35. The number of likely N-dealkylation sites (N-methyl/N-ethyl adjacent to an activating group) is 1. The molecule has 0 bridgehead atoms. The van der Waals surface area contributed by atoms with Crippen LogP contribution in [0.2, 0.25) is 0 Å². The molecule has 0 spiro atoms. The Morgan fingerprint density at radius 1 is 1.22 bits per heavy atom. The van der Waals surface area contributed by atoms with E-state index in [1.165, 1.54) is 10.9 Å². The molecule has 1 aromatic heterocycles. The summed E-state index contributed by atoms with van der Waals surface area (Å²) in [5, 5.41) is 5.87. The zero-order chi connectivity index (χ0) is 13.3. The summed E-state index contributed by atoms with van der Waals surface area (Å²) in [4.78, 5) is 2.17. The first-order valence-corrected chi connectivity index (χ1v) is 6.49. The molecule has 18 heavy (non-hydrogen) atoms. The van der Waals surface area contributed by atoms with E-state index in [0.29, 0.717) is 0 Å². The van der Waals surface area contributed by atoms with Crippen LogP contribution < -0.4 is 0 Å². The van der Waals surface area contributed by atoms with Gasteiger partial charge in [-0.3, -0.25) is 4.68 Å². The maximum absolute atomic E-state index is 4.65. The highest BCUT2D eigenvalue weighted by Crippen LogP contribution is 2.25. The van der Waals surface area contributed by atoms with E-state index >= 15 is 0 Å². The summed E-state index contributed by atoms with van der Waals surface area (Å²) in [5.74, 6) is 0. The maximum Gasteiger partial charge on any atom is 0.0926 e. The van der Waals surface area contributed by atoms with Gasteiger partial charge < -0.3 is 4.90 Å². The topological polar surface area (TPSA) is 21.1 Å². The van der Waals surface area contributed by atoms with Crippen molar-refractivity contribution in [3.05, 3.63) is 30.0 Å². The van der Waals surface area contributed by atoms with Gasteiger partial charge in [0.05, 0.1) is 12.1 Å². The predicted octanol–water partition coefficient (Wildman–Crippen LogP) is 2.90. The quantitative estimate of drug-likeness (QED) is 0.829. The molecule has 1 aromatic carbocycles. The highest BCUT2D eigenvalue weighted by Gasteiger charge is 2.14. The van der Waals surface area contributed by atoms with Crippen LogP contribution in [0.5, 0.6) is 0 Å². The fraction of sp³-hybridized carbons (Fsp3) is 0.533. The highest BCUT2D eigenvalue weighted by molar-refractivity contribution is 5.79. The lowest BCUT2D eigenvalue weighted by Crippen LogP contribution is -2.18. The van der Waals surface area contributed by atoms with Gasteiger partial charge in [0.1, 0.15) is 0 Å². The van der Waals surface area contributed by atoms with Crippen molar-refractivity contribution in [3.63, 3.8) is 0 Å². The van der Waals surface area contributed by atoms with Crippen LogP contribution >= 0.6 is 0 Å². The first kappa shape index (κ1) is 13.1. The molecule has 3 nitrogen and oxygen atoms in total. The van der Waals surface area contributed by atoms with Crippen molar-refractivity contribution in [2.75, 3.05) is 20.6 Å². The van der Waals surface area contributed by atoms with Crippen LogP contribution in [0.1, 0.15) is 26.3 Å². The van der Waals surface area contributed by atoms with Crippen LogP contribution in [0, 0.1) is 0 Å². The van der Waals surface area contributed by atoms with E-state index in [2.05, 4.69) is 69.3 Å². The average Bonchev–Trinajstić information content (AvgIpc) is 2.66. The molecule has 0 aliphatic heterocycles. The van der Waals surface area contributed by atoms with E-state index < -0.39 is 0 Å². The van der Waals surface area contributed by atoms with Crippen molar-refractivity contribution < 1.29 is 0 Å². The minimum atomic E-state index is 0.182. The van der Waals surface area contributed by atoms with Gasteiger partial charge in [-0.1, -0.05) is 32.9 Å². The molecule has 0 aliphatic carbocycles. The summed E-state index contributed by atoms with van der Waals surface area (Å²) in [7, 11) is 4.17. The number of fused-ring (bicyclic) bond motifs is 1. The molecule has 3 heteroatoms. The summed E-state index contributed by atoms with van der Waals surface area (Å²) in [6, 6.07) is 6.59. The fourth-order valence-electron chi connectivity index (χ4n) is 1.95. The number of hydrogen-bond donors (Lipinski definition) is 0. The molecule has 1 heterocycles. The van der Waals surface area contributed by atoms with Crippen molar-refractivity contribution in [1.29, 1.82) is 0 Å². The normalized spacial score (nSPS) is 12.6. The molecule has 0 saturated heterocycles. The molecule has 0 atom stereocenters. The van der Waals surface area contributed by atoms with Crippen LogP contribution in [0.3, 0.4) is 0 Å². The number of aromatic nitrogens is 2. The smallest absolute Gasteiger partial charge is 0.0926 e. The molecule has 0 saturated carbocycles. The minimum absolute atomic E-state index is 0.182. The van der Waals surface area contributed by atoms with E-state index in [9.17, 15) is 0 Å². The summed E-state index contributed by atoms with van der Waals surface area (Å²) >= 11 is 0. The van der Waals surface area contributed by atoms with Gasteiger partial charge in [0.25, 0.3) is 0 Å². The number of nitrogens with zero attached hydrogens (tertiary/aromatic N) is 3. The summed E-state index contributed by atoms with van der Waals surface area (Å²) in [6.45, 7) is 8.65. The van der Waals surface area contributed by atoms with E-state index in [-0.39, 0.29) is 5.41 Å². The third-order valence-electron chi connectivity index (χ3n) is 3.20. The maximum atomic E-state index is 4.65. The molecule has 0 fully saturated rings. The molecular formula is C15H23N3. The van der Waals surface area contributed by atoms with Crippen LogP contribution in [0.4, 0.5) is 0 Å². The van der Waals surface area contributed by atoms with Gasteiger partial charge in [0, 0.05) is 18.1 Å². The summed E-state index contributed by atoms with van der Waals surface area (Å²) in [6.07, 6.45) is 2.13. The molecule has 0 amide bonds. The highest BCUT2D eigenvalue weighted by atomic mass is 15.3. The number of hydrogen-bond acceptors (Lipinski definition) is 2. The molecule has 0 unspecified atom stereocenters. The van der Waals surface area contributed by atoms with E-state index in [1.54, 1.807) is 0 Å². The van der Waals surface area contributed by atoms with Crippen LogP contribution in [0.15, 0.2) is 24.4 Å². The zero-order valence-corrected chi connectivity index (χ0v) is 12.1. The predicted molar refractivity (Wildman–Crippen MR) is 77.0 cm³/mol. The van der Waals surface area contributed by atoms with E-state index in [1.807, 2.05) is 4.68 Å². The van der Waals surface area contributed by atoms with Crippen LogP contribution in [0.25, 0.3) is 10.9 Å². The lowest BCUT2D eigenvalue weighted by molar-refractivity contribution is 0.374. The Morgan fingerprint density at radius 2 is 1.94 bits per heavy atom. The molecule has 2 rings (SSSR count). The van der Waals surface area contributed by atoms with Gasteiger partial charge in [0.15, 0.2) is 0 Å². The lowest BCUT2D eigenvalue weighted by atomic mass is 9.87. The van der Waals surface area contributed by atoms with Gasteiger partial charge in [-0.2, -0.15) is 5.10 Å². The lowest BCUT2D eigenvalue weighted by Gasteiger charge is -2.18. The SMILES string of the molecule is CN(C)CCn1cc2ccc(C(C)(C)C)cc2n1. The molecule has 2 aromatic rings. The largest absolute Gasteiger partial charge is 0.308 e. The van der Waals surface area contributed by atoms with Crippen molar-refractivity contribution in [2.24, 2.45) is 0 Å². The fourth-order valence-corrected chi connectivity index (χ4v) is 1.95. The van der Waals surface area contributed by atoms with Crippen LogP contribution in [-0.2, 0) is 12.0 Å². The number of benzene rings is 1. The average molecular weight is 245 g/mol. The third-order valence-corrected chi connectivity index (χ3v) is 3.20. The Morgan fingerprint density at radius 3 is 2.56 bits per heavy atom. The monoisotopic (exact) mass is 245 g/mol. The Bertz CT molecular complexity index is 532. The van der Waals surface area contributed by atoms with Gasteiger partial charge in [-0.25, -0.2) is 0 Å². The molecule has 0 aliphatic rings. The second-order valence-electron chi connectivity index (χ2n) is 6.22. The van der Waals surface area contributed by atoms with Gasteiger partial charge >= 0.3 is 0 Å². The zero-order valence-electron chi connectivity index (χ0n) is 12.1. The summed E-state index contributed by atoms with van der Waals surface area (Å²) < 4.78 is 2.04. The van der Waals surface area contributed by atoms with Crippen molar-refractivity contribution in [2.45, 2.75) is 32.7 Å². The molecule has 0 radical (unpaired) electrons. The summed E-state index contributed by atoms with van der Waals surface area (Å²) in [5.41, 5.74) is 2.62. The molecular weight excluding hydrogens is 222 g/mol. The molecule has 0 N–H and O–H groups in total. The van der Waals surface area contributed by atoms with E-state index in [0.717, 1.165) is 18.6 Å². The minimum Gasteiger partial charge on any atom is -0.308 e. The third kappa shape index (κ3) is 2.91. The Balaban J connectivity index is 2.28. The van der Waals surface area contributed by atoms with Gasteiger partial charge in [-0.05, 0) is 31.1 Å². The molecule has 98 valence electrons. The van der Waals surface area contributed by atoms with Gasteiger partial charge in [0.2, 0.25) is 0 Å². The van der Waals surface area contributed by atoms with E-state index in [4.69, 9.17) is 0 Å². The van der Waals surface area contributed by atoms with Gasteiger partial charge in [-0.15, -0.1) is 0 Å². The van der Waals surface area contributed by atoms with Crippen molar-refractivity contribution >= 4 is 10.9 Å². The second kappa shape index (κ2) is 4.73. The standard InChI is InChI=1S/C15H23N3/c1-15(2,3)13-7-6-12-11-18(9-8-17(4)5)16-14(12)10-13/h6-7,10-11H,8-9H2,1-5H3. The van der Waals surface area contributed by atoms with Crippen LogP contribution in [-0.4, -0.2) is 35.3 Å². The van der Waals surface area contributed by atoms with Crippen molar-refractivity contribution in [1.82, 2.24) is 14.7 Å². The Labute approximate surface area is 109 Å². The number of rotatable bonds is 3. The first-order valence-electron chi connectivity index (χ1n) is 6.49.